The van der Waals surface area contributed by atoms with E-state index < -0.39 is 0 Å². The van der Waals surface area contributed by atoms with Crippen LogP contribution in [-0.2, 0) is 0 Å². The van der Waals surface area contributed by atoms with Gasteiger partial charge in [0.15, 0.2) is 0 Å². The first-order valence-electron chi connectivity index (χ1n) is 9.38. The molecule has 2 aliphatic carbocycles. The molecule has 2 unspecified atom stereocenters. The van der Waals surface area contributed by atoms with Gasteiger partial charge >= 0.3 is 0 Å². The molecule has 2 atom stereocenters. The lowest BCUT2D eigenvalue weighted by Crippen LogP contribution is -2.49. The van der Waals surface area contributed by atoms with E-state index in [2.05, 4.69) is 44.8 Å². The van der Waals surface area contributed by atoms with Gasteiger partial charge in [0.2, 0.25) is 0 Å². The van der Waals surface area contributed by atoms with Crippen LogP contribution in [0.2, 0.25) is 0 Å². The van der Waals surface area contributed by atoms with Gasteiger partial charge in [-0.2, -0.15) is 0 Å². The van der Waals surface area contributed by atoms with E-state index in [1.54, 1.807) is 0 Å². The van der Waals surface area contributed by atoms with Crippen LogP contribution in [0, 0.1) is 17.3 Å². The van der Waals surface area contributed by atoms with E-state index in [0.29, 0.717) is 11.5 Å². The summed E-state index contributed by atoms with van der Waals surface area (Å²) >= 11 is 0. The van der Waals surface area contributed by atoms with Crippen molar-refractivity contribution in [1.29, 1.82) is 0 Å². The van der Waals surface area contributed by atoms with Crippen molar-refractivity contribution in [2.45, 2.75) is 85.2 Å². The maximum absolute atomic E-state index is 3.77. The molecule has 0 saturated heterocycles. The van der Waals surface area contributed by atoms with Crippen molar-refractivity contribution in [3.05, 3.63) is 0 Å². The molecule has 2 fully saturated rings. The van der Waals surface area contributed by atoms with Crippen LogP contribution in [0.4, 0.5) is 0 Å². The molecule has 0 aromatic carbocycles. The molecule has 2 saturated carbocycles. The summed E-state index contributed by atoms with van der Waals surface area (Å²) in [7, 11) is 0. The maximum Gasteiger partial charge on any atom is 0.00967 e. The van der Waals surface area contributed by atoms with Crippen LogP contribution in [0.15, 0.2) is 0 Å². The number of rotatable bonds is 8. The lowest BCUT2D eigenvalue weighted by molar-refractivity contribution is 0.0682. The molecule has 0 aromatic rings. The highest BCUT2D eigenvalue weighted by atomic mass is 15.2. The predicted molar refractivity (Wildman–Crippen MR) is 92.6 cm³/mol. The van der Waals surface area contributed by atoms with E-state index in [0.717, 1.165) is 17.9 Å². The number of hydrogen-bond acceptors (Lipinski definition) is 2. The van der Waals surface area contributed by atoms with Gasteiger partial charge in [-0.3, -0.25) is 4.90 Å². The van der Waals surface area contributed by atoms with Crippen LogP contribution >= 0.6 is 0 Å². The predicted octanol–water partition coefficient (Wildman–Crippen LogP) is 4.30. The average molecular weight is 295 g/mol. The fraction of sp³-hybridized carbons (Fsp3) is 1.00. The molecule has 124 valence electrons. The third-order valence-corrected chi connectivity index (χ3v) is 5.27. The zero-order chi connectivity index (χ0) is 15.5. The SMILES string of the molecule is CC(C)CN(CC1(CNC(C)C)CCCC(C)C1)C1CC1. The van der Waals surface area contributed by atoms with Gasteiger partial charge in [-0.25, -0.2) is 0 Å². The Morgan fingerprint density at radius 3 is 2.38 bits per heavy atom. The Morgan fingerprint density at radius 2 is 1.86 bits per heavy atom. The molecule has 0 amide bonds. The second-order valence-electron chi connectivity index (χ2n) is 8.79. The van der Waals surface area contributed by atoms with Gasteiger partial charge in [0, 0.05) is 31.7 Å². The van der Waals surface area contributed by atoms with E-state index in [4.69, 9.17) is 0 Å². The van der Waals surface area contributed by atoms with Crippen LogP contribution in [0.5, 0.6) is 0 Å². The minimum absolute atomic E-state index is 0.527. The van der Waals surface area contributed by atoms with E-state index in [-0.39, 0.29) is 0 Å². The summed E-state index contributed by atoms with van der Waals surface area (Å²) in [4.78, 5) is 2.84. The Labute approximate surface area is 133 Å². The lowest BCUT2D eigenvalue weighted by atomic mass is 9.69. The largest absolute Gasteiger partial charge is 0.314 e. The van der Waals surface area contributed by atoms with Crippen LogP contribution in [-0.4, -0.2) is 36.6 Å². The molecule has 21 heavy (non-hydrogen) atoms. The molecular formula is C19H38N2. The van der Waals surface area contributed by atoms with Crippen molar-refractivity contribution in [3.8, 4) is 0 Å². The van der Waals surface area contributed by atoms with Gasteiger partial charge in [-0.15, -0.1) is 0 Å². The third kappa shape index (κ3) is 5.56. The summed E-state index contributed by atoms with van der Waals surface area (Å²) in [6, 6.07) is 1.51. The first-order chi connectivity index (χ1) is 9.90. The van der Waals surface area contributed by atoms with Gasteiger partial charge in [0.05, 0.1) is 0 Å². The summed E-state index contributed by atoms with van der Waals surface area (Å²) in [5, 5.41) is 3.77. The minimum Gasteiger partial charge on any atom is -0.314 e. The number of nitrogens with zero attached hydrogens (tertiary/aromatic N) is 1. The van der Waals surface area contributed by atoms with Crippen LogP contribution < -0.4 is 5.32 Å². The molecule has 1 N–H and O–H groups in total. The zero-order valence-corrected chi connectivity index (χ0v) is 15.1. The molecule has 0 bridgehead atoms. The van der Waals surface area contributed by atoms with Gasteiger partial charge in [0.25, 0.3) is 0 Å². The van der Waals surface area contributed by atoms with Gasteiger partial charge in [0.1, 0.15) is 0 Å². The topological polar surface area (TPSA) is 15.3 Å². The molecular weight excluding hydrogens is 256 g/mol. The molecule has 2 rings (SSSR count). The molecule has 0 aromatic heterocycles. The fourth-order valence-electron chi connectivity index (χ4n) is 4.23. The van der Waals surface area contributed by atoms with Crippen molar-refractivity contribution >= 4 is 0 Å². The first kappa shape index (κ1) is 17.3. The summed E-state index contributed by atoms with van der Waals surface area (Å²) in [6.07, 6.45) is 8.61. The van der Waals surface area contributed by atoms with E-state index >= 15 is 0 Å². The Kier molecular flexibility index (Phi) is 6.14. The molecule has 0 aliphatic heterocycles. The Hall–Kier alpha value is -0.0800. The molecule has 0 heterocycles. The Bertz CT molecular complexity index is 309. The van der Waals surface area contributed by atoms with Crippen molar-refractivity contribution in [2.75, 3.05) is 19.6 Å². The van der Waals surface area contributed by atoms with E-state index in [1.165, 1.54) is 58.2 Å². The molecule has 2 heteroatoms. The van der Waals surface area contributed by atoms with Crippen molar-refractivity contribution < 1.29 is 0 Å². The standard InChI is InChI=1S/C19H38N2/c1-15(2)12-21(18-8-9-18)14-19(13-20-16(3)4)10-6-7-17(5)11-19/h15-18,20H,6-14H2,1-5H3. The second kappa shape index (κ2) is 7.46. The van der Waals surface area contributed by atoms with Crippen molar-refractivity contribution in [2.24, 2.45) is 17.3 Å². The highest BCUT2D eigenvalue weighted by Gasteiger charge is 2.40. The smallest absolute Gasteiger partial charge is 0.00967 e. The highest BCUT2D eigenvalue weighted by Crippen LogP contribution is 2.41. The molecule has 2 nitrogen and oxygen atoms in total. The fourth-order valence-corrected chi connectivity index (χ4v) is 4.23. The monoisotopic (exact) mass is 294 g/mol. The van der Waals surface area contributed by atoms with Gasteiger partial charge < -0.3 is 5.32 Å². The quantitative estimate of drug-likeness (QED) is 0.718. The number of nitrogens with one attached hydrogen (secondary N) is 1. The zero-order valence-electron chi connectivity index (χ0n) is 15.1. The van der Waals surface area contributed by atoms with Gasteiger partial charge in [-0.1, -0.05) is 47.5 Å². The molecule has 0 radical (unpaired) electrons. The molecule has 2 aliphatic rings. The summed E-state index contributed by atoms with van der Waals surface area (Å²) in [5.74, 6) is 1.70. The lowest BCUT2D eigenvalue weighted by Gasteiger charge is -2.44. The summed E-state index contributed by atoms with van der Waals surface area (Å²) in [6.45, 7) is 15.6. The normalized spacial score (nSPS) is 30.6. The average Bonchev–Trinajstić information content (AvgIpc) is 3.19. The Morgan fingerprint density at radius 1 is 1.14 bits per heavy atom. The minimum atomic E-state index is 0.527. The van der Waals surface area contributed by atoms with Crippen LogP contribution in [0.3, 0.4) is 0 Å². The maximum atomic E-state index is 3.77. The summed E-state index contributed by atoms with van der Waals surface area (Å²) < 4.78 is 0. The third-order valence-electron chi connectivity index (χ3n) is 5.27. The Balaban J connectivity index is 2.02. The van der Waals surface area contributed by atoms with Crippen molar-refractivity contribution in [3.63, 3.8) is 0 Å². The molecule has 0 spiro atoms. The van der Waals surface area contributed by atoms with Crippen LogP contribution in [0.25, 0.3) is 0 Å². The van der Waals surface area contributed by atoms with Gasteiger partial charge in [-0.05, 0) is 42.9 Å². The summed E-state index contributed by atoms with van der Waals surface area (Å²) in [5.41, 5.74) is 0.527. The number of hydrogen-bond donors (Lipinski definition) is 1. The van der Waals surface area contributed by atoms with Crippen LogP contribution in [0.1, 0.15) is 73.1 Å². The van der Waals surface area contributed by atoms with Crippen molar-refractivity contribution in [1.82, 2.24) is 10.2 Å². The van der Waals surface area contributed by atoms with E-state index in [9.17, 15) is 0 Å². The second-order valence-corrected chi connectivity index (χ2v) is 8.79. The first-order valence-corrected chi connectivity index (χ1v) is 9.38. The highest BCUT2D eigenvalue weighted by molar-refractivity contribution is 4.94. The van der Waals surface area contributed by atoms with E-state index in [1.807, 2.05) is 0 Å².